The molecular formula is C23H21F3N6O. The maximum atomic E-state index is 14.7. The van der Waals surface area contributed by atoms with Gasteiger partial charge in [-0.2, -0.15) is 5.10 Å². The molecule has 4 heterocycles. The molecule has 0 aliphatic carbocycles. The van der Waals surface area contributed by atoms with Gasteiger partial charge in [0.05, 0.1) is 42.4 Å². The highest BCUT2D eigenvalue weighted by molar-refractivity contribution is 5.90. The number of nitrogens with zero attached hydrogens (tertiary/aromatic N) is 5. The molecule has 1 saturated heterocycles. The van der Waals surface area contributed by atoms with E-state index in [1.54, 1.807) is 26.2 Å². The molecule has 7 nitrogen and oxygen atoms in total. The summed E-state index contributed by atoms with van der Waals surface area (Å²) in [7, 11) is 0. The van der Waals surface area contributed by atoms with Crippen molar-refractivity contribution in [1.82, 2.24) is 24.7 Å². The highest BCUT2D eigenvalue weighted by Crippen LogP contribution is 2.31. The molecule has 0 bridgehead atoms. The molecule has 0 amide bonds. The predicted molar refractivity (Wildman–Crippen MR) is 117 cm³/mol. The third-order valence-electron chi connectivity index (χ3n) is 5.71. The number of alkyl halides is 2. The molecule has 0 spiro atoms. The van der Waals surface area contributed by atoms with Crippen LogP contribution in [-0.2, 0) is 4.74 Å². The average Bonchev–Trinajstić information content (AvgIpc) is 3.21. The lowest BCUT2D eigenvalue weighted by atomic mass is 10.0. The van der Waals surface area contributed by atoms with Crippen molar-refractivity contribution in [3.05, 3.63) is 65.6 Å². The van der Waals surface area contributed by atoms with Gasteiger partial charge in [-0.25, -0.2) is 28.1 Å². The number of fused-ring (bicyclic) bond motifs is 1. The van der Waals surface area contributed by atoms with E-state index in [-0.39, 0.29) is 11.6 Å². The Morgan fingerprint density at radius 1 is 1.12 bits per heavy atom. The highest BCUT2D eigenvalue weighted by atomic mass is 19.3. The van der Waals surface area contributed by atoms with Gasteiger partial charge in [0.2, 0.25) is 0 Å². The molecule has 0 unspecified atom stereocenters. The summed E-state index contributed by atoms with van der Waals surface area (Å²) in [6.45, 7) is 4.70. The molecule has 10 heteroatoms. The molecule has 1 aliphatic heterocycles. The van der Waals surface area contributed by atoms with Crippen molar-refractivity contribution >= 4 is 16.9 Å². The second-order valence-corrected chi connectivity index (χ2v) is 8.03. The first kappa shape index (κ1) is 21.3. The molecule has 1 fully saturated rings. The largest absolute Gasteiger partial charge is 0.377 e. The van der Waals surface area contributed by atoms with Crippen LogP contribution in [0.1, 0.15) is 42.4 Å². The number of benzene rings is 1. The van der Waals surface area contributed by atoms with E-state index in [1.165, 1.54) is 12.1 Å². The molecule has 1 aliphatic rings. The molecule has 1 aromatic carbocycles. The Morgan fingerprint density at radius 2 is 1.91 bits per heavy atom. The molecule has 0 radical (unpaired) electrons. The Bertz CT molecular complexity index is 1320. The smallest absolute Gasteiger partial charge is 0.266 e. The number of pyridine rings is 1. The van der Waals surface area contributed by atoms with Gasteiger partial charge in [-0.1, -0.05) is 18.2 Å². The van der Waals surface area contributed by atoms with Crippen LogP contribution in [0.25, 0.3) is 22.2 Å². The summed E-state index contributed by atoms with van der Waals surface area (Å²) in [6, 6.07) is 5.50. The van der Waals surface area contributed by atoms with Gasteiger partial charge < -0.3 is 10.1 Å². The fraction of sp³-hybridized carbons (Fsp3) is 0.304. The first-order valence-corrected chi connectivity index (χ1v) is 10.5. The Balaban J connectivity index is 1.50. The third-order valence-corrected chi connectivity index (χ3v) is 5.71. The van der Waals surface area contributed by atoms with E-state index in [0.717, 1.165) is 17.2 Å². The first-order valence-electron chi connectivity index (χ1n) is 10.5. The van der Waals surface area contributed by atoms with Crippen LogP contribution in [0.15, 0.2) is 42.9 Å². The van der Waals surface area contributed by atoms with Crippen molar-refractivity contribution in [1.29, 1.82) is 0 Å². The maximum absolute atomic E-state index is 14.7. The number of hydrogen-bond acceptors (Lipinski definition) is 6. The molecule has 5 rings (SSSR count). The minimum absolute atomic E-state index is 0.130. The van der Waals surface area contributed by atoms with Crippen molar-refractivity contribution in [3.8, 4) is 11.1 Å². The molecule has 3 aromatic heterocycles. The highest BCUT2D eigenvalue weighted by Gasteiger charge is 2.22. The summed E-state index contributed by atoms with van der Waals surface area (Å²) >= 11 is 0. The lowest BCUT2D eigenvalue weighted by Crippen LogP contribution is -2.30. The molecule has 0 saturated carbocycles. The fourth-order valence-electron chi connectivity index (χ4n) is 3.81. The van der Waals surface area contributed by atoms with Crippen molar-refractivity contribution in [2.45, 2.75) is 32.4 Å². The lowest BCUT2D eigenvalue weighted by Gasteiger charge is -2.25. The predicted octanol–water partition coefficient (Wildman–Crippen LogP) is 5.02. The molecule has 170 valence electrons. The van der Waals surface area contributed by atoms with Crippen molar-refractivity contribution in [2.24, 2.45) is 0 Å². The molecule has 4 aromatic rings. The number of halogens is 3. The average molecular weight is 454 g/mol. The Labute approximate surface area is 187 Å². The van der Waals surface area contributed by atoms with Crippen LogP contribution in [0.5, 0.6) is 0 Å². The summed E-state index contributed by atoms with van der Waals surface area (Å²) in [6.07, 6.45) is 2.52. The van der Waals surface area contributed by atoms with Crippen LogP contribution in [-0.4, -0.2) is 37.9 Å². The van der Waals surface area contributed by atoms with E-state index >= 15 is 0 Å². The van der Waals surface area contributed by atoms with E-state index in [4.69, 9.17) is 4.74 Å². The lowest BCUT2D eigenvalue weighted by molar-refractivity contribution is -0.0286. The summed E-state index contributed by atoms with van der Waals surface area (Å²) in [5.74, 6) is 0.00632. The van der Waals surface area contributed by atoms with E-state index in [2.05, 4.69) is 25.4 Å². The van der Waals surface area contributed by atoms with Crippen LogP contribution in [0.2, 0.25) is 0 Å². The third kappa shape index (κ3) is 4.02. The van der Waals surface area contributed by atoms with Crippen LogP contribution in [0.3, 0.4) is 0 Å². The van der Waals surface area contributed by atoms with Crippen LogP contribution in [0, 0.1) is 12.7 Å². The van der Waals surface area contributed by atoms with Gasteiger partial charge >= 0.3 is 0 Å². The number of ether oxygens (including phenoxy) is 1. The summed E-state index contributed by atoms with van der Waals surface area (Å²) < 4.78 is 48.0. The quantitative estimate of drug-likeness (QED) is 0.441. The van der Waals surface area contributed by atoms with Gasteiger partial charge in [0.15, 0.2) is 5.65 Å². The van der Waals surface area contributed by atoms with Crippen molar-refractivity contribution in [3.63, 3.8) is 0 Å². The monoisotopic (exact) mass is 454 g/mol. The van der Waals surface area contributed by atoms with E-state index in [1.807, 2.05) is 16.9 Å². The zero-order valence-corrected chi connectivity index (χ0v) is 18.0. The topological polar surface area (TPSA) is 77.8 Å². The minimum atomic E-state index is -2.89. The van der Waals surface area contributed by atoms with Gasteiger partial charge in [0.25, 0.3) is 6.43 Å². The zero-order chi connectivity index (χ0) is 23.1. The van der Waals surface area contributed by atoms with Crippen molar-refractivity contribution < 1.29 is 17.9 Å². The van der Waals surface area contributed by atoms with Gasteiger partial charge in [-0.3, -0.25) is 4.68 Å². The van der Waals surface area contributed by atoms with Gasteiger partial charge in [-0.15, -0.1) is 0 Å². The van der Waals surface area contributed by atoms with Gasteiger partial charge in [0.1, 0.15) is 17.5 Å². The van der Waals surface area contributed by atoms with E-state index in [9.17, 15) is 13.2 Å². The normalized spacial score (nSPS) is 15.1. The zero-order valence-electron chi connectivity index (χ0n) is 18.0. The number of nitrogens with one attached hydrogen (secondary N) is 1. The second-order valence-electron chi connectivity index (χ2n) is 8.03. The molecule has 1 N–H and O–H groups in total. The standard InChI is InChI=1S/C23H21F3N6O/c1-12(17-4-3-5-18(20(17)24)21(25)26)29-23-19-6-14(7-27-22(19)30-13(2)31-23)15-8-28-32(9-15)16-10-33-11-16/h3-9,12,16,21H,10-11H2,1-2H3,(H,27,29,30,31)/t12-/m1/s1. The maximum Gasteiger partial charge on any atom is 0.266 e. The molecule has 33 heavy (non-hydrogen) atoms. The number of anilines is 1. The number of aromatic nitrogens is 5. The Hall–Kier alpha value is -3.53. The molecule has 1 atom stereocenters. The Kier molecular flexibility index (Phi) is 5.45. The van der Waals surface area contributed by atoms with E-state index < -0.39 is 23.8 Å². The first-order chi connectivity index (χ1) is 15.9. The van der Waals surface area contributed by atoms with Crippen LogP contribution < -0.4 is 5.32 Å². The minimum Gasteiger partial charge on any atom is -0.377 e. The van der Waals surface area contributed by atoms with E-state index in [0.29, 0.717) is 35.9 Å². The molecular weight excluding hydrogens is 433 g/mol. The Morgan fingerprint density at radius 3 is 2.64 bits per heavy atom. The van der Waals surface area contributed by atoms with Crippen molar-refractivity contribution in [2.75, 3.05) is 18.5 Å². The van der Waals surface area contributed by atoms with Crippen LogP contribution >= 0.6 is 0 Å². The van der Waals surface area contributed by atoms with Gasteiger partial charge in [-0.05, 0) is 19.9 Å². The second kappa shape index (κ2) is 8.43. The number of aryl methyl sites for hydroxylation is 1. The van der Waals surface area contributed by atoms with Gasteiger partial charge in [0, 0.05) is 29.1 Å². The van der Waals surface area contributed by atoms with Crippen LogP contribution in [0.4, 0.5) is 19.0 Å². The summed E-state index contributed by atoms with van der Waals surface area (Å²) in [5, 5.41) is 8.20. The fourth-order valence-corrected chi connectivity index (χ4v) is 3.81. The summed E-state index contributed by atoms with van der Waals surface area (Å²) in [5.41, 5.74) is 1.69. The number of hydrogen-bond donors (Lipinski definition) is 1. The summed E-state index contributed by atoms with van der Waals surface area (Å²) in [4.78, 5) is 13.3. The SMILES string of the molecule is Cc1nc(N[C@H](C)c2cccc(C(F)F)c2F)c2cc(-c3cnn(C4COC4)c3)cnc2n1. The number of rotatable bonds is 6.